The van der Waals surface area contributed by atoms with Crippen molar-refractivity contribution < 1.29 is 5.11 Å². The predicted octanol–water partition coefficient (Wildman–Crippen LogP) is 3.38. The van der Waals surface area contributed by atoms with Crippen molar-refractivity contribution in [3.05, 3.63) is 29.8 Å². The molecule has 1 aromatic rings. The van der Waals surface area contributed by atoms with Crippen LogP contribution in [0.1, 0.15) is 51.0 Å². The zero-order valence-electron chi connectivity index (χ0n) is 10.4. The number of para-hydroxylation sites is 1. The Bertz CT molecular complexity index is 273. The maximum absolute atomic E-state index is 9.55. The molecule has 2 radical (unpaired) electrons. The monoisotopic (exact) mass is 416 g/mol. The second kappa shape index (κ2) is 10.1. The molecule has 0 heterocycles. The van der Waals surface area contributed by atoms with Crippen LogP contribution in [0.2, 0.25) is 0 Å². The fraction of sp³-hybridized carbons (Fsp3) is 0.571. The second-order valence-corrected chi connectivity index (χ2v) is 4.15. The van der Waals surface area contributed by atoms with Gasteiger partial charge in [0.15, 0.2) is 0 Å². The van der Waals surface area contributed by atoms with Gasteiger partial charge in [-0.3, -0.25) is 0 Å². The Morgan fingerprint density at radius 3 is 2.25 bits per heavy atom. The number of phenolic OH excluding ortho intramolecular Hbond substituents is 1. The minimum atomic E-state index is 0. The standard InChI is InChI=1S/C14H22O.Pb.2H/c1-2-3-4-5-6-7-10-13-11-8-9-12-14(13)15;;;/h8-9,11-12,15H,2-7,10H2,1H3;;;. The molecule has 90 valence electrons. The van der Waals surface area contributed by atoms with E-state index in [-0.39, 0.29) is 27.3 Å². The van der Waals surface area contributed by atoms with E-state index in [4.69, 9.17) is 0 Å². The SMILES string of the molecule is CCCCCCCCc1ccccc1O.[PbH2]. The molecule has 0 aromatic heterocycles. The first-order valence-corrected chi connectivity index (χ1v) is 6.11. The summed E-state index contributed by atoms with van der Waals surface area (Å²) in [4.78, 5) is 0. The van der Waals surface area contributed by atoms with Crippen molar-refractivity contribution in [2.75, 3.05) is 0 Å². The summed E-state index contributed by atoms with van der Waals surface area (Å²) in [7, 11) is 0. The molecule has 0 aliphatic heterocycles. The normalized spacial score (nSPS) is 9.81. The van der Waals surface area contributed by atoms with Crippen LogP contribution in [0.25, 0.3) is 0 Å². The van der Waals surface area contributed by atoms with Gasteiger partial charge >= 0.3 is 27.3 Å². The third-order valence-electron chi connectivity index (χ3n) is 2.79. The van der Waals surface area contributed by atoms with Gasteiger partial charge in [-0.25, -0.2) is 0 Å². The number of benzene rings is 1. The number of hydrogen-bond donors (Lipinski definition) is 1. The Labute approximate surface area is 119 Å². The van der Waals surface area contributed by atoms with Crippen molar-refractivity contribution in [3.8, 4) is 5.75 Å². The summed E-state index contributed by atoms with van der Waals surface area (Å²) in [6.45, 7) is 2.24. The molecule has 0 bridgehead atoms. The van der Waals surface area contributed by atoms with Crippen molar-refractivity contribution in [3.63, 3.8) is 0 Å². The molecular formula is C14H24OPb. The first-order valence-electron chi connectivity index (χ1n) is 6.11. The number of aromatic hydroxyl groups is 1. The summed E-state index contributed by atoms with van der Waals surface area (Å²) in [5.74, 6) is 0.450. The molecule has 0 spiro atoms. The van der Waals surface area contributed by atoms with Crippen molar-refractivity contribution in [1.82, 2.24) is 0 Å². The third-order valence-corrected chi connectivity index (χ3v) is 2.79. The van der Waals surface area contributed by atoms with Crippen LogP contribution in [0.4, 0.5) is 0 Å². The summed E-state index contributed by atoms with van der Waals surface area (Å²) in [6.07, 6.45) is 8.85. The van der Waals surface area contributed by atoms with Gasteiger partial charge in [-0.15, -0.1) is 0 Å². The van der Waals surface area contributed by atoms with Gasteiger partial charge in [0, 0.05) is 0 Å². The molecule has 2 heteroatoms. The Morgan fingerprint density at radius 1 is 0.938 bits per heavy atom. The van der Waals surface area contributed by atoms with E-state index in [0.29, 0.717) is 5.75 Å². The van der Waals surface area contributed by atoms with E-state index in [9.17, 15) is 5.11 Å². The Hall–Kier alpha value is -0.0579. The van der Waals surface area contributed by atoms with Crippen LogP contribution in [-0.2, 0) is 6.42 Å². The van der Waals surface area contributed by atoms with Crippen LogP contribution in [0.3, 0.4) is 0 Å². The van der Waals surface area contributed by atoms with E-state index in [1.54, 1.807) is 6.07 Å². The molecule has 1 N–H and O–H groups in total. The zero-order valence-corrected chi connectivity index (χ0v) is 15.9. The molecule has 0 unspecified atom stereocenters. The number of rotatable bonds is 7. The third kappa shape index (κ3) is 6.51. The van der Waals surface area contributed by atoms with E-state index in [1.165, 1.54) is 38.5 Å². The summed E-state index contributed by atoms with van der Waals surface area (Å²) in [5, 5.41) is 9.55. The van der Waals surface area contributed by atoms with E-state index in [0.717, 1.165) is 12.0 Å². The van der Waals surface area contributed by atoms with Gasteiger partial charge in [-0.05, 0) is 24.5 Å². The van der Waals surface area contributed by atoms with Gasteiger partial charge in [0.05, 0.1) is 0 Å². The average Bonchev–Trinajstić information content (AvgIpc) is 2.25. The molecule has 0 saturated carbocycles. The van der Waals surface area contributed by atoms with Gasteiger partial charge in [-0.1, -0.05) is 57.2 Å². The molecule has 0 aliphatic rings. The fourth-order valence-electron chi connectivity index (χ4n) is 1.82. The molecule has 1 nitrogen and oxygen atoms in total. The van der Waals surface area contributed by atoms with E-state index in [2.05, 4.69) is 6.92 Å². The predicted molar refractivity (Wildman–Crippen MR) is 73.7 cm³/mol. The first-order chi connectivity index (χ1) is 7.34. The first kappa shape index (κ1) is 15.9. The van der Waals surface area contributed by atoms with Crippen LogP contribution in [0.15, 0.2) is 24.3 Å². The topological polar surface area (TPSA) is 20.2 Å². The fourth-order valence-corrected chi connectivity index (χ4v) is 1.82. The summed E-state index contributed by atoms with van der Waals surface area (Å²) < 4.78 is 0. The van der Waals surface area contributed by atoms with Crippen molar-refractivity contribution in [2.24, 2.45) is 0 Å². The molecule has 0 fully saturated rings. The molecule has 0 aliphatic carbocycles. The molecule has 0 saturated heterocycles. The Balaban J connectivity index is 0.00000225. The molecule has 16 heavy (non-hydrogen) atoms. The number of phenols is 1. The van der Waals surface area contributed by atoms with Gasteiger partial charge in [-0.2, -0.15) is 0 Å². The minimum absolute atomic E-state index is 0. The van der Waals surface area contributed by atoms with E-state index < -0.39 is 0 Å². The quantitative estimate of drug-likeness (QED) is 0.535. The second-order valence-electron chi connectivity index (χ2n) is 4.15. The van der Waals surface area contributed by atoms with Gasteiger partial charge in [0.1, 0.15) is 5.75 Å². The van der Waals surface area contributed by atoms with Crippen LogP contribution >= 0.6 is 0 Å². The molecule has 0 amide bonds. The number of aryl methyl sites for hydroxylation is 1. The van der Waals surface area contributed by atoms with Crippen molar-refractivity contribution >= 4 is 27.3 Å². The van der Waals surface area contributed by atoms with Crippen LogP contribution in [0, 0.1) is 0 Å². The number of hydrogen-bond acceptors (Lipinski definition) is 1. The zero-order chi connectivity index (χ0) is 10.9. The summed E-state index contributed by atoms with van der Waals surface area (Å²) in [6, 6.07) is 7.65. The van der Waals surface area contributed by atoms with Crippen molar-refractivity contribution in [1.29, 1.82) is 0 Å². The van der Waals surface area contributed by atoms with Crippen LogP contribution in [0.5, 0.6) is 5.75 Å². The molecule has 0 atom stereocenters. The van der Waals surface area contributed by atoms with Crippen molar-refractivity contribution in [2.45, 2.75) is 51.9 Å². The van der Waals surface area contributed by atoms with Gasteiger partial charge < -0.3 is 5.11 Å². The van der Waals surface area contributed by atoms with E-state index in [1.807, 2.05) is 18.2 Å². The Kier molecular flexibility index (Phi) is 10.1. The molecule has 1 rings (SSSR count). The van der Waals surface area contributed by atoms with Crippen LogP contribution in [-0.4, -0.2) is 32.4 Å². The summed E-state index contributed by atoms with van der Waals surface area (Å²) in [5.41, 5.74) is 1.09. The average molecular weight is 416 g/mol. The number of unbranched alkanes of at least 4 members (excludes halogenated alkanes) is 5. The molecular weight excluding hydrogens is 391 g/mol. The van der Waals surface area contributed by atoms with Gasteiger partial charge in [0.25, 0.3) is 0 Å². The Morgan fingerprint density at radius 2 is 1.56 bits per heavy atom. The van der Waals surface area contributed by atoms with E-state index >= 15 is 0 Å². The molecule has 1 aromatic carbocycles. The van der Waals surface area contributed by atoms with Crippen LogP contribution < -0.4 is 0 Å². The summed E-state index contributed by atoms with van der Waals surface area (Å²) >= 11 is 0. The maximum atomic E-state index is 9.55. The van der Waals surface area contributed by atoms with Gasteiger partial charge in [0.2, 0.25) is 0 Å².